The van der Waals surface area contributed by atoms with Gasteiger partial charge in [0.05, 0.1) is 12.7 Å². The first-order valence-corrected chi connectivity index (χ1v) is 6.51. The van der Waals surface area contributed by atoms with E-state index in [1.165, 1.54) is 7.11 Å². The molecular weight excluding hydrogens is 264 g/mol. The number of benzene rings is 1. The third-order valence-corrected chi connectivity index (χ3v) is 2.98. The minimum atomic E-state index is -0.702. The van der Waals surface area contributed by atoms with E-state index in [-0.39, 0.29) is 17.1 Å². The highest BCUT2D eigenvalue weighted by Crippen LogP contribution is 2.28. The lowest BCUT2D eigenvalue weighted by Gasteiger charge is -2.09. The molecule has 1 heterocycles. The van der Waals surface area contributed by atoms with Crippen LogP contribution in [0, 0.1) is 18.6 Å². The zero-order valence-electron chi connectivity index (χ0n) is 11.8. The van der Waals surface area contributed by atoms with Crippen LogP contribution in [-0.2, 0) is 6.54 Å². The SMILES string of the molecule is CCCCn1nc(C)nc1-c1c(F)cc(OC)cc1F. The quantitative estimate of drug-likeness (QED) is 0.844. The highest BCUT2D eigenvalue weighted by atomic mass is 19.1. The number of nitrogens with zero attached hydrogens (tertiary/aromatic N) is 3. The van der Waals surface area contributed by atoms with Gasteiger partial charge in [-0.3, -0.25) is 0 Å². The van der Waals surface area contributed by atoms with E-state index in [1.54, 1.807) is 11.6 Å². The number of methoxy groups -OCH3 is 1. The molecule has 0 atom stereocenters. The van der Waals surface area contributed by atoms with E-state index in [4.69, 9.17) is 4.74 Å². The number of aryl methyl sites for hydroxylation is 2. The van der Waals surface area contributed by atoms with Crippen molar-refractivity contribution in [2.24, 2.45) is 0 Å². The normalized spacial score (nSPS) is 10.8. The van der Waals surface area contributed by atoms with Crippen LogP contribution in [0.25, 0.3) is 11.4 Å². The number of ether oxygens (including phenoxy) is 1. The fourth-order valence-corrected chi connectivity index (χ4v) is 1.99. The van der Waals surface area contributed by atoms with Crippen LogP contribution in [0.3, 0.4) is 0 Å². The molecule has 0 fully saturated rings. The topological polar surface area (TPSA) is 39.9 Å². The lowest BCUT2D eigenvalue weighted by atomic mass is 10.1. The van der Waals surface area contributed by atoms with Gasteiger partial charge in [-0.2, -0.15) is 5.10 Å². The highest BCUT2D eigenvalue weighted by Gasteiger charge is 2.20. The van der Waals surface area contributed by atoms with Crippen molar-refractivity contribution in [2.75, 3.05) is 7.11 Å². The molecule has 1 aromatic carbocycles. The van der Waals surface area contributed by atoms with Crippen molar-refractivity contribution in [3.63, 3.8) is 0 Å². The Bertz CT molecular complexity index is 587. The van der Waals surface area contributed by atoms with E-state index >= 15 is 0 Å². The number of unbranched alkanes of at least 4 members (excludes halogenated alkanes) is 1. The number of halogens is 2. The zero-order valence-corrected chi connectivity index (χ0v) is 11.8. The summed E-state index contributed by atoms with van der Waals surface area (Å²) in [5.41, 5.74) is -0.164. The van der Waals surface area contributed by atoms with Crippen molar-refractivity contribution in [1.29, 1.82) is 0 Å². The van der Waals surface area contributed by atoms with E-state index in [0.29, 0.717) is 12.4 Å². The lowest BCUT2D eigenvalue weighted by molar-refractivity contribution is 0.407. The molecule has 0 unspecified atom stereocenters. The molecule has 0 bridgehead atoms. The van der Waals surface area contributed by atoms with Gasteiger partial charge in [0.2, 0.25) is 0 Å². The second-order valence-electron chi connectivity index (χ2n) is 4.53. The van der Waals surface area contributed by atoms with E-state index in [9.17, 15) is 8.78 Å². The molecule has 0 spiro atoms. The third-order valence-electron chi connectivity index (χ3n) is 2.98. The Morgan fingerprint density at radius 3 is 2.45 bits per heavy atom. The van der Waals surface area contributed by atoms with Crippen LogP contribution >= 0.6 is 0 Å². The van der Waals surface area contributed by atoms with Crippen molar-refractivity contribution in [3.8, 4) is 17.1 Å². The first kappa shape index (κ1) is 14.4. The fourth-order valence-electron chi connectivity index (χ4n) is 1.99. The van der Waals surface area contributed by atoms with Crippen LogP contribution in [0.1, 0.15) is 25.6 Å². The smallest absolute Gasteiger partial charge is 0.164 e. The van der Waals surface area contributed by atoms with Crippen molar-refractivity contribution >= 4 is 0 Å². The lowest BCUT2D eigenvalue weighted by Crippen LogP contribution is -2.05. The Hall–Kier alpha value is -1.98. The summed E-state index contributed by atoms with van der Waals surface area (Å²) in [6.45, 7) is 4.32. The molecule has 20 heavy (non-hydrogen) atoms. The molecule has 0 radical (unpaired) electrons. The molecule has 0 amide bonds. The molecule has 0 N–H and O–H groups in total. The Labute approximate surface area is 116 Å². The van der Waals surface area contributed by atoms with Gasteiger partial charge in [-0.1, -0.05) is 13.3 Å². The predicted molar refractivity (Wildman–Crippen MR) is 71.6 cm³/mol. The molecule has 0 saturated carbocycles. The van der Waals surface area contributed by atoms with Crippen molar-refractivity contribution in [1.82, 2.24) is 14.8 Å². The predicted octanol–water partition coefficient (Wildman–Crippen LogP) is 3.34. The fraction of sp³-hybridized carbons (Fsp3) is 0.429. The van der Waals surface area contributed by atoms with Gasteiger partial charge >= 0.3 is 0 Å². The minimum absolute atomic E-state index is 0.139. The zero-order chi connectivity index (χ0) is 14.7. The largest absolute Gasteiger partial charge is 0.497 e. The Morgan fingerprint density at radius 2 is 1.90 bits per heavy atom. The van der Waals surface area contributed by atoms with Gasteiger partial charge in [0.1, 0.15) is 23.2 Å². The van der Waals surface area contributed by atoms with Crippen LogP contribution < -0.4 is 4.74 Å². The second kappa shape index (κ2) is 5.98. The molecule has 4 nitrogen and oxygen atoms in total. The summed E-state index contributed by atoms with van der Waals surface area (Å²) in [4.78, 5) is 4.14. The first-order chi connectivity index (χ1) is 9.56. The molecule has 0 saturated heterocycles. The molecule has 0 aliphatic heterocycles. The molecule has 108 valence electrons. The van der Waals surface area contributed by atoms with Crippen molar-refractivity contribution in [2.45, 2.75) is 33.2 Å². The number of aromatic nitrogens is 3. The van der Waals surface area contributed by atoms with E-state index in [1.807, 2.05) is 6.92 Å². The summed E-state index contributed by atoms with van der Waals surface area (Å²) in [5.74, 6) is -0.557. The summed E-state index contributed by atoms with van der Waals surface area (Å²) < 4.78 is 34.6. The van der Waals surface area contributed by atoms with E-state index in [2.05, 4.69) is 10.1 Å². The van der Waals surface area contributed by atoms with Crippen LogP contribution in [0.5, 0.6) is 5.75 Å². The van der Waals surface area contributed by atoms with Gasteiger partial charge in [0.25, 0.3) is 0 Å². The van der Waals surface area contributed by atoms with Gasteiger partial charge in [0, 0.05) is 18.7 Å². The minimum Gasteiger partial charge on any atom is -0.497 e. The third kappa shape index (κ3) is 2.79. The summed E-state index contributed by atoms with van der Waals surface area (Å²) >= 11 is 0. The summed E-state index contributed by atoms with van der Waals surface area (Å²) in [6.07, 6.45) is 1.83. The molecule has 1 aromatic heterocycles. The van der Waals surface area contributed by atoms with E-state index < -0.39 is 11.6 Å². The summed E-state index contributed by atoms with van der Waals surface area (Å²) in [6, 6.07) is 2.29. The van der Waals surface area contributed by atoms with E-state index in [0.717, 1.165) is 25.0 Å². The maximum atomic E-state index is 14.1. The Balaban J connectivity index is 2.51. The molecule has 2 rings (SSSR count). The van der Waals surface area contributed by atoms with Crippen molar-refractivity contribution in [3.05, 3.63) is 29.6 Å². The molecule has 2 aromatic rings. The Morgan fingerprint density at radius 1 is 1.25 bits per heavy atom. The number of hydrogen-bond acceptors (Lipinski definition) is 3. The van der Waals surface area contributed by atoms with Crippen LogP contribution in [-0.4, -0.2) is 21.9 Å². The molecule has 0 aliphatic carbocycles. The van der Waals surface area contributed by atoms with Gasteiger partial charge in [-0.05, 0) is 13.3 Å². The van der Waals surface area contributed by atoms with Crippen molar-refractivity contribution < 1.29 is 13.5 Å². The maximum absolute atomic E-state index is 14.1. The molecule has 0 aliphatic rings. The monoisotopic (exact) mass is 281 g/mol. The first-order valence-electron chi connectivity index (χ1n) is 6.51. The molecular formula is C14H17F2N3O. The molecule has 6 heteroatoms. The standard InChI is InChI=1S/C14H17F2N3O/c1-4-5-6-19-14(17-9(2)18-19)13-11(15)7-10(20-3)8-12(13)16/h7-8H,4-6H2,1-3H3. The average Bonchev–Trinajstić information content (AvgIpc) is 2.76. The van der Waals surface area contributed by atoms with Crippen LogP contribution in [0.2, 0.25) is 0 Å². The summed E-state index contributed by atoms with van der Waals surface area (Å²) in [5, 5.41) is 4.19. The van der Waals surface area contributed by atoms with Gasteiger partial charge in [-0.15, -0.1) is 0 Å². The van der Waals surface area contributed by atoms with Crippen LogP contribution in [0.4, 0.5) is 8.78 Å². The Kier molecular flexibility index (Phi) is 4.32. The average molecular weight is 281 g/mol. The summed E-state index contributed by atoms with van der Waals surface area (Å²) in [7, 11) is 1.36. The van der Waals surface area contributed by atoms with Gasteiger partial charge < -0.3 is 4.74 Å². The van der Waals surface area contributed by atoms with Gasteiger partial charge in [-0.25, -0.2) is 18.4 Å². The second-order valence-corrected chi connectivity index (χ2v) is 4.53. The number of hydrogen-bond donors (Lipinski definition) is 0. The van der Waals surface area contributed by atoms with Crippen LogP contribution in [0.15, 0.2) is 12.1 Å². The number of rotatable bonds is 5. The highest BCUT2D eigenvalue weighted by molar-refractivity contribution is 5.59. The maximum Gasteiger partial charge on any atom is 0.164 e. The van der Waals surface area contributed by atoms with Gasteiger partial charge in [0.15, 0.2) is 5.82 Å².